The lowest BCUT2D eigenvalue weighted by Crippen LogP contribution is -2.29. The number of benzene rings is 2. The second-order valence-electron chi connectivity index (χ2n) is 8.78. The molecule has 5 rings (SSSR count). The van der Waals surface area contributed by atoms with E-state index in [4.69, 9.17) is 4.42 Å². The molecule has 34 heavy (non-hydrogen) atoms. The molecule has 3 aromatic rings. The molecule has 2 aliphatic heterocycles. The lowest BCUT2D eigenvalue weighted by atomic mass is 10.1. The van der Waals surface area contributed by atoms with Gasteiger partial charge in [0.05, 0.1) is 18.6 Å². The third-order valence-corrected chi connectivity index (χ3v) is 7.70. The highest BCUT2D eigenvalue weighted by Crippen LogP contribution is 2.39. The van der Waals surface area contributed by atoms with E-state index < -0.39 is 0 Å². The molecule has 7 heteroatoms. The summed E-state index contributed by atoms with van der Waals surface area (Å²) >= 11 is 1.60. The number of rotatable bonds is 7. The van der Waals surface area contributed by atoms with E-state index >= 15 is 0 Å². The van der Waals surface area contributed by atoms with Gasteiger partial charge in [-0.1, -0.05) is 24.3 Å². The molecule has 2 fully saturated rings. The van der Waals surface area contributed by atoms with Crippen LogP contribution in [0.4, 0.5) is 5.69 Å². The van der Waals surface area contributed by atoms with E-state index in [-0.39, 0.29) is 17.2 Å². The Labute approximate surface area is 204 Å². The highest BCUT2D eigenvalue weighted by Gasteiger charge is 2.33. The molecule has 2 saturated heterocycles. The first kappa shape index (κ1) is 22.6. The first-order valence-electron chi connectivity index (χ1n) is 11.8. The van der Waals surface area contributed by atoms with Crippen LogP contribution in [0.5, 0.6) is 0 Å². The maximum Gasteiger partial charge on any atom is 0.251 e. The maximum absolute atomic E-state index is 12.7. The fraction of sp³-hybridized carbons (Fsp3) is 0.333. The number of nitrogens with zero attached hydrogens (tertiary/aromatic N) is 2. The minimum atomic E-state index is -0.103. The van der Waals surface area contributed by atoms with Gasteiger partial charge in [-0.15, -0.1) is 11.8 Å². The Morgan fingerprint density at radius 1 is 1.00 bits per heavy atom. The van der Waals surface area contributed by atoms with Gasteiger partial charge < -0.3 is 19.5 Å². The van der Waals surface area contributed by atoms with Gasteiger partial charge in [-0.3, -0.25) is 9.59 Å². The van der Waals surface area contributed by atoms with E-state index in [0.29, 0.717) is 24.4 Å². The summed E-state index contributed by atoms with van der Waals surface area (Å²) in [6.45, 7) is 3.19. The molecule has 0 unspecified atom stereocenters. The predicted octanol–water partition coefficient (Wildman–Crippen LogP) is 4.97. The van der Waals surface area contributed by atoms with Gasteiger partial charge in [-0.05, 0) is 66.8 Å². The minimum absolute atomic E-state index is 0.0758. The Kier molecular flexibility index (Phi) is 6.90. The van der Waals surface area contributed by atoms with Crippen molar-refractivity contribution in [2.75, 3.05) is 23.7 Å². The summed E-state index contributed by atoms with van der Waals surface area (Å²) in [5.74, 6) is 1.21. The number of piperidine rings is 1. The number of anilines is 1. The molecule has 2 amide bonds. The Balaban J connectivity index is 1.17. The van der Waals surface area contributed by atoms with Gasteiger partial charge in [0, 0.05) is 30.9 Å². The van der Waals surface area contributed by atoms with Crippen LogP contribution in [0.15, 0.2) is 71.3 Å². The van der Waals surface area contributed by atoms with Crippen molar-refractivity contribution in [3.63, 3.8) is 0 Å². The molecule has 3 heterocycles. The molecule has 1 aromatic heterocycles. The zero-order valence-electron chi connectivity index (χ0n) is 19.1. The Morgan fingerprint density at radius 3 is 2.47 bits per heavy atom. The molecule has 0 saturated carbocycles. The van der Waals surface area contributed by atoms with Crippen molar-refractivity contribution < 1.29 is 14.0 Å². The topological polar surface area (TPSA) is 65.8 Å². The van der Waals surface area contributed by atoms with Crippen LogP contribution in [0.25, 0.3) is 0 Å². The van der Waals surface area contributed by atoms with Crippen LogP contribution >= 0.6 is 11.8 Å². The summed E-state index contributed by atoms with van der Waals surface area (Å²) in [5.41, 5.74) is 3.96. The molecular formula is C27H29N3O3S. The average Bonchev–Trinajstić information content (AvgIpc) is 3.54. The van der Waals surface area contributed by atoms with Crippen LogP contribution in [0, 0.1) is 0 Å². The molecule has 176 valence electrons. The van der Waals surface area contributed by atoms with Gasteiger partial charge in [0.1, 0.15) is 11.1 Å². The first-order valence-corrected chi connectivity index (χ1v) is 12.9. The fourth-order valence-corrected chi connectivity index (χ4v) is 5.72. The molecule has 6 nitrogen and oxygen atoms in total. The van der Waals surface area contributed by atoms with Gasteiger partial charge >= 0.3 is 0 Å². The SMILES string of the molecule is O=C(NCc1ccc(N2CCCCC2)cc1)c1ccc([C@@H]2SCC(=O)N2Cc2ccco2)cc1. The number of amides is 2. The zero-order valence-corrected chi connectivity index (χ0v) is 19.9. The standard InChI is InChI=1S/C27H29N3O3S/c31-25-19-34-27(30(25)18-24-5-4-16-33-24)22-10-8-21(9-11-22)26(32)28-17-20-6-12-23(13-7-20)29-14-2-1-3-15-29/h4-13,16,27H,1-3,14-15,17-19H2,(H,28,32)/t27-/m0/s1. The van der Waals surface area contributed by atoms with Gasteiger partial charge in [-0.2, -0.15) is 0 Å². The second kappa shape index (κ2) is 10.4. The van der Waals surface area contributed by atoms with Gasteiger partial charge in [0.25, 0.3) is 5.91 Å². The molecule has 0 spiro atoms. The molecule has 1 atom stereocenters. The van der Waals surface area contributed by atoms with Crippen molar-refractivity contribution in [2.45, 2.75) is 37.7 Å². The van der Waals surface area contributed by atoms with E-state index in [1.807, 2.05) is 41.3 Å². The van der Waals surface area contributed by atoms with Crippen molar-refractivity contribution in [3.8, 4) is 0 Å². The van der Waals surface area contributed by atoms with Gasteiger partial charge in [-0.25, -0.2) is 0 Å². The van der Waals surface area contributed by atoms with E-state index in [1.165, 1.54) is 24.9 Å². The van der Waals surface area contributed by atoms with Crippen LogP contribution in [-0.2, 0) is 17.9 Å². The van der Waals surface area contributed by atoms with Crippen LogP contribution in [0.2, 0.25) is 0 Å². The zero-order chi connectivity index (χ0) is 23.3. The van der Waals surface area contributed by atoms with Crippen molar-refractivity contribution in [1.82, 2.24) is 10.2 Å². The Bertz CT molecular complexity index is 1110. The second-order valence-corrected chi connectivity index (χ2v) is 9.85. The Hall–Kier alpha value is -3.19. The van der Waals surface area contributed by atoms with Crippen molar-refractivity contribution in [3.05, 3.63) is 89.4 Å². The molecule has 2 aromatic carbocycles. The largest absolute Gasteiger partial charge is 0.467 e. The van der Waals surface area contributed by atoms with E-state index in [1.54, 1.807) is 18.0 Å². The highest BCUT2D eigenvalue weighted by molar-refractivity contribution is 8.00. The molecular weight excluding hydrogens is 446 g/mol. The minimum Gasteiger partial charge on any atom is -0.467 e. The van der Waals surface area contributed by atoms with Crippen molar-refractivity contribution >= 4 is 29.3 Å². The fourth-order valence-electron chi connectivity index (χ4n) is 4.53. The maximum atomic E-state index is 12.7. The third kappa shape index (κ3) is 5.14. The molecule has 2 aliphatic rings. The molecule has 0 aliphatic carbocycles. The third-order valence-electron chi connectivity index (χ3n) is 6.44. The molecule has 0 radical (unpaired) electrons. The highest BCUT2D eigenvalue weighted by atomic mass is 32.2. The smallest absolute Gasteiger partial charge is 0.251 e. The van der Waals surface area contributed by atoms with Crippen LogP contribution < -0.4 is 10.2 Å². The summed E-state index contributed by atoms with van der Waals surface area (Å²) in [5, 5.41) is 2.94. The summed E-state index contributed by atoms with van der Waals surface area (Å²) in [6, 6.07) is 19.7. The summed E-state index contributed by atoms with van der Waals surface area (Å²) in [7, 11) is 0. The Morgan fingerprint density at radius 2 is 1.76 bits per heavy atom. The van der Waals surface area contributed by atoms with Crippen LogP contribution in [0.3, 0.4) is 0 Å². The van der Waals surface area contributed by atoms with Gasteiger partial charge in [0.15, 0.2) is 0 Å². The number of nitrogens with one attached hydrogen (secondary N) is 1. The summed E-state index contributed by atoms with van der Waals surface area (Å²) in [4.78, 5) is 29.3. The van der Waals surface area contributed by atoms with Crippen molar-refractivity contribution in [1.29, 1.82) is 0 Å². The van der Waals surface area contributed by atoms with E-state index in [9.17, 15) is 9.59 Å². The first-order chi connectivity index (χ1) is 16.7. The van der Waals surface area contributed by atoms with Crippen LogP contribution in [-0.4, -0.2) is 35.6 Å². The number of carbonyl (C=O) groups is 2. The molecule has 0 bridgehead atoms. The van der Waals surface area contributed by atoms with E-state index in [0.717, 1.165) is 30.0 Å². The number of furan rings is 1. The van der Waals surface area contributed by atoms with Crippen molar-refractivity contribution in [2.24, 2.45) is 0 Å². The lowest BCUT2D eigenvalue weighted by Gasteiger charge is -2.28. The average molecular weight is 476 g/mol. The molecule has 1 N–H and O–H groups in total. The van der Waals surface area contributed by atoms with Crippen LogP contribution in [0.1, 0.15) is 51.9 Å². The predicted molar refractivity (Wildman–Crippen MR) is 135 cm³/mol. The van der Waals surface area contributed by atoms with E-state index in [2.05, 4.69) is 34.5 Å². The van der Waals surface area contributed by atoms with Gasteiger partial charge in [0.2, 0.25) is 5.91 Å². The summed E-state index contributed by atoms with van der Waals surface area (Å²) in [6.07, 6.45) is 5.46. The quantitative estimate of drug-likeness (QED) is 0.522. The number of carbonyl (C=O) groups excluding carboxylic acids is 2. The summed E-state index contributed by atoms with van der Waals surface area (Å²) < 4.78 is 5.42. The number of hydrogen-bond donors (Lipinski definition) is 1. The number of hydrogen-bond acceptors (Lipinski definition) is 5. The number of thioether (sulfide) groups is 1. The monoisotopic (exact) mass is 475 g/mol. The normalized spacial score (nSPS) is 18.4. The lowest BCUT2D eigenvalue weighted by molar-refractivity contribution is -0.128.